The van der Waals surface area contributed by atoms with E-state index in [1.165, 1.54) is 0 Å². The monoisotopic (exact) mass is 449 g/mol. The molecule has 1 fully saturated rings. The van der Waals surface area contributed by atoms with Crippen molar-refractivity contribution in [2.75, 3.05) is 13.2 Å². The number of ether oxygens (including phenoxy) is 1. The maximum atomic E-state index is 14.1. The average molecular weight is 450 g/mol. The molecule has 0 radical (unpaired) electrons. The third-order valence-corrected chi connectivity index (χ3v) is 6.12. The second kappa shape index (κ2) is 9.21. The molecular weight excluding hydrogens is 414 g/mol. The van der Waals surface area contributed by atoms with Gasteiger partial charge in [-0.15, -0.1) is 0 Å². The van der Waals surface area contributed by atoms with Crippen molar-refractivity contribution in [3.05, 3.63) is 53.1 Å². The van der Waals surface area contributed by atoms with Gasteiger partial charge in [-0.05, 0) is 64.2 Å². The van der Waals surface area contributed by atoms with E-state index in [-0.39, 0.29) is 23.5 Å². The molecular formula is C26H35N5O2. The summed E-state index contributed by atoms with van der Waals surface area (Å²) in [4.78, 5) is 25.2. The van der Waals surface area contributed by atoms with Crippen molar-refractivity contribution in [3.63, 3.8) is 0 Å². The molecule has 7 heteroatoms. The summed E-state index contributed by atoms with van der Waals surface area (Å²) < 4.78 is 7.84. The van der Waals surface area contributed by atoms with Crippen LogP contribution in [0.1, 0.15) is 80.7 Å². The molecule has 7 nitrogen and oxygen atoms in total. The predicted molar refractivity (Wildman–Crippen MR) is 129 cm³/mol. The second-order valence-electron chi connectivity index (χ2n) is 10.3. The molecule has 176 valence electrons. The number of rotatable bonds is 6. The minimum Gasteiger partial charge on any atom is -0.376 e. The highest BCUT2D eigenvalue weighted by atomic mass is 16.5. The van der Waals surface area contributed by atoms with Gasteiger partial charge in [0.05, 0.1) is 28.3 Å². The van der Waals surface area contributed by atoms with Gasteiger partial charge in [0, 0.05) is 37.8 Å². The van der Waals surface area contributed by atoms with Crippen LogP contribution in [0.25, 0.3) is 11.0 Å². The maximum absolute atomic E-state index is 14.1. The molecule has 0 aromatic carbocycles. The summed E-state index contributed by atoms with van der Waals surface area (Å²) in [5, 5.41) is 5.64. The summed E-state index contributed by atoms with van der Waals surface area (Å²) in [6, 6.07) is 5.87. The number of carbonyl (C=O) groups excluding carboxylic acids is 1. The average Bonchev–Trinajstić information content (AvgIpc) is 3.40. The van der Waals surface area contributed by atoms with Crippen LogP contribution in [-0.2, 0) is 16.8 Å². The van der Waals surface area contributed by atoms with E-state index >= 15 is 0 Å². The predicted octanol–water partition coefficient (Wildman–Crippen LogP) is 4.83. The largest absolute Gasteiger partial charge is 0.376 e. The topological polar surface area (TPSA) is 73.1 Å². The molecule has 1 atom stereocenters. The Balaban J connectivity index is 1.82. The SMILES string of the molecule is Cc1nn(C(C)(C)C)c2nc(C(C)C)cc(C(=O)N(Cc3cccnc3)CC3CCCO3)c12. The number of aryl methyl sites for hydroxylation is 1. The third kappa shape index (κ3) is 4.93. The summed E-state index contributed by atoms with van der Waals surface area (Å²) in [6.07, 6.45) is 5.64. The van der Waals surface area contributed by atoms with E-state index in [0.717, 1.165) is 47.4 Å². The number of aromatic nitrogens is 4. The molecule has 1 amide bonds. The molecule has 0 spiro atoms. The first-order chi connectivity index (χ1) is 15.6. The number of pyridine rings is 2. The lowest BCUT2D eigenvalue weighted by atomic mass is 10.0. The molecule has 1 unspecified atom stereocenters. The fourth-order valence-corrected chi connectivity index (χ4v) is 4.38. The highest BCUT2D eigenvalue weighted by molar-refractivity contribution is 6.06. The first-order valence-electron chi connectivity index (χ1n) is 11.9. The number of carbonyl (C=O) groups is 1. The van der Waals surface area contributed by atoms with Crippen molar-refractivity contribution in [1.82, 2.24) is 24.6 Å². The van der Waals surface area contributed by atoms with Crippen LogP contribution in [0.2, 0.25) is 0 Å². The number of fused-ring (bicyclic) bond motifs is 1. The quantitative estimate of drug-likeness (QED) is 0.539. The fraction of sp³-hybridized carbons (Fsp3) is 0.538. The maximum Gasteiger partial charge on any atom is 0.255 e. The Labute approximate surface area is 196 Å². The summed E-state index contributed by atoms with van der Waals surface area (Å²) in [5.74, 6) is 0.176. The van der Waals surface area contributed by atoms with Gasteiger partial charge in [0.25, 0.3) is 5.91 Å². The number of hydrogen-bond acceptors (Lipinski definition) is 5. The molecule has 0 bridgehead atoms. The lowest BCUT2D eigenvalue weighted by Gasteiger charge is -2.26. The third-order valence-electron chi connectivity index (χ3n) is 6.12. The Kier molecular flexibility index (Phi) is 6.52. The minimum absolute atomic E-state index is 0.0137. The lowest BCUT2D eigenvalue weighted by Crippen LogP contribution is -2.37. The fourth-order valence-electron chi connectivity index (χ4n) is 4.38. The summed E-state index contributed by atoms with van der Waals surface area (Å²) in [6.45, 7) is 14.3. The Morgan fingerprint density at radius 2 is 2.12 bits per heavy atom. The smallest absolute Gasteiger partial charge is 0.255 e. The van der Waals surface area contributed by atoms with Gasteiger partial charge in [0.2, 0.25) is 0 Å². The van der Waals surface area contributed by atoms with Crippen LogP contribution in [0, 0.1) is 6.92 Å². The van der Waals surface area contributed by atoms with Gasteiger partial charge >= 0.3 is 0 Å². The summed E-state index contributed by atoms with van der Waals surface area (Å²) in [7, 11) is 0. The molecule has 3 aromatic rings. The molecule has 0 N–H and O–H groups in total. The zero-order valence-corrected chi connectivity index (χ0v) is 20.6. The summed E-state index contributed by atoms with van der Waals surface area (Å²) >= 11 is 0. The van der Waals surface area contributed by atoms with Crippen molar-refractivity contribution in [2.24, 2.45) is 0 Å². The van der Waals surface area contributed by atoms with Gasteiger partial charge in [0.1, 0.15) is 0 Å². The molecule has 4 heterocycles. The van der Waals surface area contributed by atoms with Crippen LogP contribution in [0.15, 0.2) is 30.6 Å². The normalized spacial score (nSPS) is 16.6. The van der Waals surface area contributed by atoms with E-state index in [4.69, 9.17) is 14.8 Å². The van der Waals surface area contributed by atoms with Crippen LogP contribution in [-0.4, -0.2) is 49.8 Å². The molecule has 1 saturated heterocycles. The van der Waals surface area contributed by atoms with Gasteiger partial charge in [-0.1, -0.05) is 19.9 Å². The van der Waals surface area contributed by atoms with Gasteiger partial charge in [-0.25, -0.2) is 9.67 Å². The van der Waals surface area contributed by atoms with Crippen LogP contribution in [0.5, 0.6) is 0 Å². The number of amides is 1. The van der Waals surface area contributed by atoms with Gasteiger partial charge in [-0.2, -0.15) is 5.10 Å². The minimum atomic E-state index is -0.248. The van der Waals surface area contributed by atoms with Crippen molar-refractivity contribution in [2.45, 2.75) is 78.5 Å². The Morgan fingerprint density at radius 3 is 2.73 bits per heavy atom. The first kappa shape index (κ1) is 23.4. The lowest BCUT2D eigenvalue weighted by molar-refractivity contribution is 0.0508. The Hall–Kier alpha value is -2.80. The first-order valence-corrected chi connectivity index (χ1v) is 11.9. The Morgan fingerprint density at radius 1 is 1.33 bits per heavy atom. The van der Waals surface area contributed by atoms with Gasteiger partial charge in [-0.3, -0.25) is 9.78 Å². The van der Waals surface area contributed by atoms with E-state index in [1.807, 2.05) is 40.9 Å². The number of hydrogen-bond donors (Lipinski definition) is 0. The highest BCUT2D eigenvalue weighted by Gasteiger charge is 2.29. The second-order valence-corrected chi connectivity index (χ2v) is 10.3. The van der Waals surface area contributed by atoms with Crippen molar-refractivity contribution in [1.29, 1.82) is 0 Å². The van der Waals surface area contributed by atoms with Crippen molar-refractivity contribution >= 4 is 16.9 Å². The molecule has 4 rings (SSSR count). The van der Waals surface area contributed by atoms with Crippen molar-refractivity contribution in [3.8, 4) is 0 Å². The summed E-state index contributed by atoms with van der Waals surface area (Å²) in [5.41, 5.74) is 3.91. The molecule has 0 saturated carbocycles. The Bertz CT molecular complexity index is 1130. The molecule has 1 aliphatic rings. The molecule has 1 aliphatic heterocycles. The van der Waals surface area contributed by atoms with Crippen LogP contribution in [0.4, 0.5) is 0 Å². The molecule has 3 aromatic heterocycles. The standard InChI is InChI=1S/C26H35N5O2/c1-17(2)22-13-21(23-18(3)29-31(24(23)28-22)26(4,5)6)25(32)30(16-20-10-8-12-33-20)15-19-9-7-11-27-14-19/h7,9,11,13-14,17,20H,8,10,12,15-16H2,1-6H3. The zero-order chi connectivity index (χ0) is 23.8. The van der Waals surface area contributed by atoms with E-state index < -0.39 is 0 Å². The van der Waals surface area contributed by atoms with Crippen LogP contribution < -0.4 is 0 Å². The molecule has 0 aliphatic carbocycles. The number of nitrogens with zero attached hydrogens (tertiary/aromatic N) is 5. The zero-order valence-electron chi connectivity index (χ0n) is 20.6. The van der Waals surface area contributed by atoms with Gasteiger partial charge < -0.3 is 9.64 Å². The highest BCUT2D eigenvalue weighted by Crippen LogP contribution is 2.30. The van der Waals surface area contributed by atoms with E-state index in [9.17, 15) is 4.79 Å². The van der Waals surface area contributed by atoms with Crippen LogP contribution >= 0.6 is 0 Å². The van der Waals surface area contributed by atoms with E-state index in [0.29, 0.717) is 18.7 Å². The molecule has 33 heavy (non-hydrogen) atoms. The van der Waals surface area contributed by atoms with E-state index in [2.05, 4.69) is 39.6 Å². The van der Waals surface area contributed by atoms with E-state index in [1.54, 1.807) is 6.20 Å². The van der Waals surface area contributed by atoms with Crippen LogP contribution in [0.3, 0.4) is 0 Å². The van der Waals surface area contributed by atoms with Crippen molar-refractivity contribution < 1.29 is 9.53 Å². The van der Waals surface area contributed by atoms with Gasteiger partial charge in [0.15, 0.2) is 5.65 Å².